The monoisotopic (exact) mass is 185 g/mol. The lowest BCUT2D eigenvalue weighted by atomic mass is 9.92. The van der Waals surface area contributed by atoms with Crippen molar-refractivity contribution in [2.45, 2.75) is 19.3 Å². The molecule has 1 aliphatic carbocycles. The van der Waals surface area contributed by atoms with Crippen molar-refractivity contribution in [1.29, 1.82) is 0 Å². The van der Waals surface area contributed by atoms with Crippen molar-refractivity contribution in [3.05, 3.63) is 23.3 Å². The first kappa shape index (κ1) is 9.33. The number of nitrogens with one attached hydrogen (secondary N) is 1. The first-order valence-corrected chi connectivity index (χ1v) is 4.37. The Bertz CT molecular complexity index is 227. The summed E-state index contributed by atoms with van der Waals surface area (Å²) in [6.45, 7) is 3.82. The van der Waals surface area contributed by atoms with Crippen molar-refractivity contribution < 1.29 is 4.79 Å². The Labute approximate surface area is 77.3 Å². The molecule has 0 spiro atoms. The summed E-state index contributed by atoms with van der Waals surface area (Å²) in [5.41, 5.74) is 1.23. The van der Waals surface area contributed by atoms with Gasteiger partial charge in [0.25, 0.3) is 0 Å². The molecule has 66 valence electrons. The molecule has 0 aromatic heterocycles. The summed E-state index contributed by atoms with van der Waals surface area (Å²) in [6.07, 6.45) is 5.00. The highest BCUT2D eigenvalue weighted by molar-refractivity contribution is 6.29. The zero-order valence-corrected chi connectivity index (χ0v) is 7.66. The van der Waals surface area contributed by atoms with E-state index >= 15 is 0 Å². The fourth-order valence-electron chi connectivity index (χ4n) is 0.945. The van der Waals surface area contributed by atoms with Crippen molar-refractivity contribution in [2.75, 3.05) is 6.54 Å². The molecular weight excluding hydrogens is 174 g/mol. The Balaban J connectivity index is 2.24. The van der Waals surface area contributed by atoms with Gasteiger partial charge in [-0.2, -0.15) is 0 Å². The van der Waals surface area contributed by atoms with Crippen LogP contribution in [0.5, 0.6) is 0 Å². The van der Waals surface area contributed by atoms with Gasteiger partial charge in [0, 0.05) is 11.1 Å². The van der Waals surface area contributed by atoms with Crippen LogP contribution in [0.15, 0.2) is 23.3 Å². The minimum Gasteiger partial charge on any atom is -0.348 e. The van der Waals surface area contributed by atoms with Gasteiger partial charge in [0.15, 0.2) is 0 Å². The molecule has 1 amide bonds. The van der Waals surface area contributed by atoms with Crippen LogP contribution in [-0.4, -0.2) is 12.5 Å². The van der Waals surface area contributed by atoms with Gasteiger partial charge < -0.3 is 5.32 Å². The standard InChI is InChI=1S/C9H12ClNO/c1-7(10)6-11-9(12)5-8-3-2-4-8/h5H,1-4,6H2,(H,11,12). The van der Waals surface area contributed by atoms with Crippen LogP contribution in [0.4, 0.5) is 0 Å². The van der Waals surface area contributed by atoms with Crippen molar-refractivity contribution in [3.63, 3.8) is 0 Å². The molecule has 0 aromatic rings. The molecule has 3 heteroatoms. The maximum atomic E-state index is 11.1. The second-order valence-corrected chi connectivity index (χ2v) is 3.43. The fraction of sp³-hybridized carbons (Fsp3) is 0.444. The summed E-state index contributed by atoms with van der Waals surface area (Å²) in [7, 11) is 0. The second-order valence-electron chi connectivity index (χ2n) is 2.89. The number of halogens is 1. The first-order valence-electron chi connectivity index (χ1n) is 3.99. The summed E-state index contributed by atoms with van der Waals surface area (Å²) in [5.74, 6) is -0.0634. The molecule has 0 unspecified atom stereocenters. The van der Waals surface area contributed by atoms with Crippen molar-refractivity contribution in [3.8, 4) is 0 Å². The average molecular weight is 186 g/mol. The predicted octanol–water partition coefficient (Wildman–Crippen LogP) is 1.97. The SMILES string of the molecule is C=C(Cl)CNC(=O)C=C1CCC1. The minimum absolute atomic E-state index is 0.0634. The van der Waals surface area contributed by atoms with Crippen molar-refractivity contribution >= 4 is 17.5 Å². The van der Waals surface area contributed by atoms with Gasteiger partial charge in [-0.3, -0.25) is 4.79 Å². The van der Waals surface area contributed by atoms with E-state index in [0.717, 1.165) is 12.8 Å². The van der Waals surface area contributed by atoms with E-state index in [4.69, 9.17) is 11.6 Å². The Morgan fingerprint density at radius 1 is 1.67 bits per heavy atom. The highest BCUT2D eigenvalue weighted by Crippen LogP contribution is 2.24. The lowest BCUT2D eigenvalue weighted by Gasteiger charge is -2.15. The highest BCUT2D eigenvalue weighted by Gasteiger charge is 2.09. The third kappa shape index (κ3) is 3.09. The van der Waals surface area contributed by atoms with E-state index in [0.29, 0.717) is 11.6 Å². The van der Waals surface area contributed by atoms with Gasteiger partial charge in [-0.25, -0.2) is 0 Å². The van der Waals surface area contributed by atoms with Gasteiger partial charge in [-0.05, 0) is 19.3 Å². The number of allylic oxidation sites excluding steroid dienone is 1. The van der Waals surface area contributed by atoms with Crippen LogP contribution in [0, 0.1) is 0 Å². The van der Waals surface area contributed by atoms with E-state index in [9.17, 15) is 4.79 Å². The lowest BCUT2D eigenvalue weighted by Crippen LogP contribution is -2.23. The molecule has 12 heavy (non-hydrogen) atoms. The summed E-state index contributed by atoms with van der Waals surface area (Å²) in [6, 6.07) is 0. The Hall–Kier alpha value is -0.760. The van der Waals surface area contributed by atoms with Crippen molar-refractivity contribution in [2.24, 2.45) is 0 Å². The number of carbonyl (C=O) groups is 1. The molecule has 1 fully saturated rings. The summed E-state index contributed by atoms with van der Waals surface area (Å²) in [5, 5.41) is 3.09. The summed E-state index contributed by atoms with van der Waals surface area (Å²) < 4.78 is 0. The number of amides is 1. The molecule has 1 saturated carbocycles. The molecule has 1 rings (SSSR count). The largest absolute Gasteiger partial charge is 0.348 e. The lowest BCUT2D eigenvalue weighted by molar-refractivity contribution is -0.116. The van der Waals surface area contributed by atoms with E-state index in [-0.39, 0.29) is 5.91 Å². The van der Waals surface area contributed by atoms with E-state index in [1.807, 2.05) is 0 Å². The van der Waals surface area contributed by atoms with Crippen LogP contribution in [0.3, 0.4) is 0 Å². The van der Waals surface area contributed by atoms with Gasteiger partial charge in [0.1, 0.15) is 0 Å². The third-order valence-electron chi connectivity index (χ3n) is 1.79. The molecule has 2 nitrogen and oxygen atoms in total. The molecule has 0 saturated heterocycles. The Morgan fingerprint density at radius 2 is 2.33 bits per heavy atom. The van der Waals surface area contributed by atoms with Crippen LogP contribution in [0.25, 0.3) is 0 Å². The van der Waals surface area contributed by atoms with E-state index in [1.54, 1.807) is 6.08 Å². The molecule has 1 aliphatic rings. The van der Waals surface area contributed by atoms with Gasteiger partial charge in [0.05, 0.1) is 6.54 Å². The zero-order valence-electron chi connectivity index (χ0n) is 6.90. The van der Waals surface area contributed by atoms with Gasteiger partial charge in [-0.1, -0.05) is 23.8 Å². The average Bonchev–Trinajstić information content (AvgIpc) is 1.93. The normalized spacial score (nSPS) is 14.9. The number of hydrogen-bond acceptors (Lipinski definition) is 1. The number of rotatable bonds is 3. The zero-order chi connectivity index (χ0) is 8.97. The topological polar surface area (TPSA) is 29.1 Å². The van der Waals surface area contributed by atoms with E-state index in [1.165, 1.54) is 12.0 Å². The Morgan fingerprint density at radius 3 is 2.75 bits per heavy atom. The van der Waals surface area contributed by atoms with Crippen molar-refractivity contribution in [1.82, 2.24) is 5.32 Å². The van der Waals surface area contributed by atoms with Crippen LogP contribution in [0.1, 0.15) is 19.3 Å². The van der Waals surface area contributed by atoms with E-state index in [2.05, 4.69) is 11.9 Å². The maximum Gasteiger partial charge on any atom is 0.244 e. The molecule has 0 radical (unpaired) electrons. The van der Waals surface area contributed by atoms with Gasteiger partial charge in [0.2, 0.25) is 5.91 Å². The predicted molar refractivity (Wildman–Crippen MR) is 49.9 cm³/mol. The molecule has 0 aromatic carbocycles. The fourth-order valence-corrected chi connectivity index (χ4v) is 1.01. The van der Waals surface area contributed by atoms with Crippen LogP contribution < -0.4 is 5.32 Å². The minimum atomic E-state index is -0.0634. The molecule has 0 bridgehead atoms. The van der Waals surface area contributed by atoms with Gasteiger partial charge in [-0.15, -0.1) is 0 Å². The smallest absolute Gasteiger partial charge is 0.244 e. The Kier molecular flexibility index (Phi) is 3.35. The molecule has 0 aliphatic heterocycles. The third-order valence-corrected chi connectivity index (χ3v) is 1.92. The summed E-state index contributed by atoms with van der Waals surface area (Å²) >= 11 is 5.48. The van der Waals surface area contributed by atoms with Gasteiger partial charge >= 0.3 is 0 Å². The molecular formula is C9H12ClNO. The second kappa shape index (κ2) is 4.31. The molecule has 0 heterocycles. The van der Waals surface area contributed by atoms with Crippen LogP contribution >= 0.6 is 11.6 Å². The quantitative estimate of drug-likeness (QED) is 0.670. The summed E-state index contributed by atoms with van der Waals surface area (Å²) in [4.78, 5) is 11.1. The molecule has 1 N–H and O–H groups in total. The van der Waals surface area contributed by atoms with Crippen LogP contribution in [0.2, 0.25) is 0 Å². The van der Waals surface area contributed by atoms with E-state index < -0.39 is 0 Å². The number of hydrogen-bond donors (Lipinski definition) is 1. The van der Waals surface area contributed by atoms with Crippen LogP contribution in [-0.2, 0) is 4.79 Å². The maximum absolute atomic E-state index is 11.1. The first-order chi connectivity index (χ1) is 5.68. The molecule has 0 atom stereocenters. The number of carbonyl (C=O) groups excluding carboxylic acids is 1. The highest BCUT2D eigenvalue weighted by atomic mass is 35.5.